The molecular weight excluding hydrogens is 294 g/mol. The van der Waals surface area contributed by atoms with E-state index in [0.29, 0.717) is 17.1 Å². The van der Waals surface area contributed by atoms with Crippen molar-refractivity contribution >= 4 is 23.5 Å². The quantitative estimate of drug-likeness (QED) is 0.905. The van der Waals surface area contributed by atoms with Gasteiger partial charge in [0.2, 0.25) is 0 Å². The molecule has 2 N–H and O–H groups in total. The van der Waals surface area contributed by atoms with Gasteiger partial charge in [0.15, 0.2) is 0 Å². The number of carbonyl (C=O) groups is 2. The number of nitrogens with zero attached hydrogens (tertiary/aromatic N) is 1. The summed E-state index contributed by atoms with van der Waals surface area (Å²) in [5.41, 5.74) is 0.301. The minimum Gasteiger partial charge on any atom is -0.444 e. The van der Waals surface area contributed by atoms with Crippen LogP contribution in [0.25, 0.3) is 0 Å². The Morgan fingerprint density at radius 2 is 1.83 bits per heavy atom. The Balaban J connectivity index is 2.04. The van der Waals surface area contributed by atoms with Crippen LogP contribution >= 0.6 is 0 Å². The molecule has 0 unspecified atom stereocenters. The number of aromatic nitrogens is 1. The highest BCUT2D eigenvalue weighted by atomic mass is 16.6. The molecule has 0 aliphatic carbocycles. The lowest BCUT2D eigenvalue weighted by atomic mass is 10.2. The van der Waals surface area contributed by atoms with Crippen LogP contribution in [0.4, 0.5) is 16.3 Å². The predicted molar refractivity (Wildman–Crippen MR) is 88.5 cm³/mol. The maximum Gasteiger partial charge on any atom is 0.412 e. The van der Waals surface area contributed by atoms with Crippen molar-refractivity contribution in [3.05, 3.63) is 54.2 Å². The number of hydrogen-bond donors (Lipinski definition) is 2. The van der Waals surface area contributed by atoms with E-state index < -0.39 is 11.7 Å². The first-order valence-electron chi connectivity index (χ1n) is 7.16. The lowest BCUT2D eigenvalue weighted by Crippen LogP contribution is -2.27. The molecule has 2 rings (SSSR count). The number of rotatable bonds is 3. The number of pyridine rings is 1. The summed E-state index contributed by atoms with van der Waals surface area (Å²) in [4.78, 5) is 28.0. The van der Waals surface area contributed by atoms with Gasteiger partial charge in [-0.1, -0.05) is 12.1 Å². The topological polar surface area (TPSA) is 80.3 Å². The minimum absolute atomic E-state index is 0.309. The molecule has 6 heteroatoms. The van der Waals surface area contributed by atoms with Crippen LogP contribution in [0.3, 0.4) is 0 Å². The average molecular weight is 313 g/mol. The molecule has 1 heterocycles. The van der Waals surface area contributed by atoms with Crippen molar-refractivity contribution in [2.24, 2.45) is 0 Å². The molecule has 0 saturated heterocycles. The van der Waals surface area contributed by atoms with E-state index in [4.69, 9.17) is 4.74 Å². The molecule has 0 atom stereocenters. The maximum atomic E-state index is 12.2. The number of benzene rings is 1. The number of hydrogen-bond acceptors (Lipinski definition) is 4. The molecule has 120 valence electrons. The summed E-state index contributed by atoms with van der Waals surface area (Å²) in [5, 5.41) is 5.28. The molecule has 2 aromatic rings. The summed E-state index contributed by atoms with van der Waals surface area (Å²) >= 11 is 0. The second kappa shape index (κ2) is 6.91. The number of amides is 2. The van der Waals surface area contributed by atoms with Gasteiger partial charge in [-0.2, -0.15) is 0 Å². The van der Waals surface area contributed by atoms with Gasteiger partial charge in [-0.25, -0.2) is 9.78 Å². The normalized spacial score (nSPS) is 10.7. The van der Waals surface area contributed by atoms with Gasteiger partial charge in [0.25, 0.3) is 5.91 Å². The Morgan fingerprint density at radius 3 is 2.48 bits per heavy atom. The van der Waals surface area contributed by atoms with Crippen molar-refractivity contribution in [1.29, 1.82) is 0 Å². The van der Waals surface area contributed by atoms with Crippen LogP contribution < -0.4 is 10.6 Å². The fraction of sp³-hybridized carbons (Fsp3) is 0.235. The fourth-order valence-electron chi connectivity index (χ4n) is 1.78. The van der Waals surface area contributed by atoms with Gasteiger partial charge in [-0.15, -0.1) is 0 Å². The highest BCUT2D eigenvalue weighted by molar-refractivity contribution is 6.04. The summed E-state index contributed by atoms with van der Waals surface area (Å²) in [5.74, 6) is 0.152. The smallest absolute Gasteiger partial charge is 0.412 e. The van der Waals surface area contributed by atoms with Gasteiger partial charge >= 0.3 is 6.09 Å². The maximum absolute atomic E-state index is 12.2. The summed E-state index contributed by atoms with van der Waals surface area (Å²) in [6, 6.07) is 11.8. The van der Waals surface area contributed by atoms with Crippen molar-refractivity contribution in [2.45, 2.75) is 26.4 Å². The second-order valence-corrected chi connectivity index (χ2v) is 5.88. The minimum atomic E-state index is -0.585. The first-order chi connectivity index (χ1) is 10.8. The second-order valence-electron chi connectivity index (χ2n) is 5.88. The van der Waals surface area contributed by atoms with Crippen molar-refractivity contribution in [3.8, 4) is 0 Å². The molecule has 0 spiro atoms. The van der Waals surface area contributed by atoms with Gasteiger partial charge < -0.3 is 10.1 Å². The standard InChI is InChI=1S/C17H19N3O3/c1-17(2,3)23-16(22)19-13-8-6-7-12(11-13)15(21)20-14-9-4-5-10-18-14/h4-11H,1-3H3,(H,19,22)(H,18,20,21). The first kappa shape index (κ1) is 16.5. The zero-order chi connectivity index (χ0) is 16.9. The summed E-state index contributed by atoms with van der Waals surface area (Å²) in [6.07, 6.45) is 1.02. The molecule has 0 aliphatic rings. The first-order valence-corrected chi connectivity index (χ1v) is 7.16. The molecule has 1 aromatic heterocycles. The van der Waals surface area contributed by atoms with E-state index in [9.17, 15) is 9.59 Å². The van der Waals surface area contributed by atoms with Gasteiger partial charge in [0.1, 0.15) is 11.4 Å². The average Bonchev–Trinajstić information content (AvgIpc) is 2.46. The van der Waals surface area contributed by atoms with Crippen LogP contribution in [0.2, 0.25) is 0 Å². The monoisotopic (exact) mass is 313 g/mol. The SMILES string of the molecule is CC(C)(C)OC(=O)Nc1cccc(C(=O)Nc2ccccn2)c1. The number of nitrogens with one attached hydrogen (secondary N) is 2. The molecular formula is C17H19N3O3. The molecule has 23 heavy (non-hydrogen) atoms. The predicted octanol–water partition coefficient (Wildman–Crippen LogP) is 3.68. The number of carbonyl (C=O) groups excluding carboxylic acids is 2. The van der Waals surface area contributed by atoms with E-state index in [0.717, 1.165) is 0 Å². The summed E-state index contributed by atoms with van der Waals surface area (Å²) < 4.78 is 5.18. The third-order valence-electron chi connectivity index (χ3n) is 2.68. The van der Waals surface area contributed by atoms with E-state index in [1.54, 1.807) is 69.4 Å². The molecule has 0 saturated carbocycles. The molecule has 0 fully saturated rings. The van der Waals surface area contributed by atoms with E-state index >= 15 is 0 Å². The highest BCUT2D eigenvalue weighted by Gasteiger charge is 2.16. The van der Waals surface area contributed by atoms with Crippen molar-refractivity contribution in [3.63, 3.8) is 0 Å². The van der Waals surface area contributed by atoms with Crippen LogP contribution in [0.1, 0.15) is 31.1 Å². The van der Waals surface area contributed by atoms with E-state index in [1.807, 2.05) is 0 Å². The van der Waals surface area contributed by atoms with E-state index in [1.165, 1.54) is 0 Å². The van der Waals surface area contributed by atoms with Crippen LogP contribution in [0.5, 0.6) is 0 Å². The van der Waals surface area contributed by atoms with Crippen molar-refractivity contribution < 1.29 is 14.3 Å². The molecule has 1 aromatic carbocycles. The van der Waals surface area contributed by atoms with E-state index in [2.05, 4.69) is 15.6 Å². The van der Waals surface area contributed by atoms with Gasteiger partial charge in [-0.3, -0.25) is 10.1 Å². The Hall–Kier alpha value is -2.89. The van der Waals surface area contributed by atoms with Crippen molar-refractivity contribution in [1.82, 2.24) is 4.98 Å². The van der Waals surface area contributed by atoms with Crippen LogP contribution in [0, 0.1) is 0 Å². The van der Waals surface area contributed by atoms with Crippen molar-refractivity contribution in [2.75, 3.05) is 10.6 Å². The zero-order valence-electron chi connectivity index (χ0n) is 13.3. The highest BCUT2D eigenvalue weighted by Crippen LogP contribution is 2.14. The summed E-state index contributed by atoms with van der Waals surface area (Å²) in [7, 11) is 0. The fourth-order valence-corrected chi connectivity index (χ4v) is 1.78. The zero-order valence-corrected chi connectivity index (χ0v) is 13.3. The van der Waals surface area contributed by atoms with E-state index in [-0.39, 0.29) is 5.91 Å². The molecule has 6 nitrogen and oxygen atoms in total. The number of ether oxygens (including phenoxy) is 1. The Morgan fingerprint density at radius 1 is 1.04 bits per heavy atom. The largest absolute Gasteiger partial charge is 0.444 e. The summed E-state index contributed by atoms with van der Waals surface area (Å²) in [6.45, 7) is 5.34. The lowest BCUT2D eigenvalue weighted by molar-refractivity contribution is 0.0635. The Bertz CT molecular complexity index is 694. The van der Waals surface area contributed by atoms with Crippen LogP contribution in [-0.4, -0.2) is 22.6 Å². The lowest BCUT2D eigenvalue weighted by Gasteiger charge is -2.19. The Labute approximate surface area is 134 Å². The molecule has 0 radical (unpaired) electrons. The molecule has 0 bridgehead atoms. The van der Waals surface area contributed by atoms with Gasteiger partial charge in [0, 0.05) is 17.4 Å². The molecule has 2 amide bonds. The number of anilines is 2. The molecule has 0 aliphatic heterocycles. The van der Waals surface area contributed by atoms with Gasteiger partial charge in [-0.05, 0) is 51.1 Å². The third-order valence-corrected chi connectivity index (χ3v) is 2.68. The van der Waals surface area contributed by atoms with Crippen LogP contribution in [-0.2, 0) is 4.74 Å². The Kier molecular flexibility index (Phi) is 4.95. The third kappa shape index (κ3) is 5.43. The van der Waals surface area contributed by atoms with Crippen LogP contribution in [0.15, 0.2) is 48.7 Å². The van der Waals surface area contributed by atoms with Gasteiger partial charge in [0.05, 0.1) is 0 Å².